The number of halogens is 2. The molecule has 0 unspecified atom stereocenters. The molecule has 0 aliphatic rings. The lowest BCUT2D eigenvalue weighted by atomic mass is 10.2. The van der Waals surface area contributed by atoms with E-state index in [1.165, 1.54) is 0 Å². The van der Waals surface area contributed by atoms with Gasteiger partial charge in [0, 0.05) is 17.4 Å². The van der Waals surface area contributed by atoms with E-state index in [1.54, 1.807) is 24.3 Å². The van der Waals surface area contributed by atoms with E-state index in [4.69, 9.17) is 0 Å². The number of benzene rings is 1. The topological polar surface area (TPSA) is 17.1 Å². The van der Waals surface area contributed by atoms with Gasteiger partial charge in [0.25, 0.3) is 5.92 Å². The van der Waals surface area contributed by atoms with Crippen molar-refractivity contribution in [3.8, 4) is 0 Å². The quantitative estimate of drug-likeness (QED) is 0.567. The Balaban J connectivity index is 2.71. The van der Waals surface area contributed by atoms with Crippen molar-refractivity contribution in [2.45, 2.75) is 17.7 Å². The van der Waals surface area contributed by atoms with Crippen LogP contribution in [0.3, 0.4) is 0 Å². The molecule has 0 atom stereocenters. The van der Waals surface area contributed by atoms with Crippen LogP contribution in [0.1, 0.15) is 17.3 Å². The van der Waals surface area contributed by atoms with Crippen molar-refractivity contribution in [3.05, 3.63) is 29.8 Å². The van der Waals surface area contributed by atoms with Gasteiger partial charge in [-0.25, -0.2) is 8.78 Å². The number of rotatable bonds is 4. The van der Waals surface area contributed by atoms with Gasteiger partial charge in [0.2, 0.25) is 0 Å². The summed E-state index contributed by atoms with van der Waals surface area (Å²) in [6.07, 6.45) is 0.677. The lowest BCUT2D eigenvalue weighted by Gasteiger charge is -2.10. The molecule has 0 aromatic heterocycles. The first-order chi connectivity index (χ1) is 6.53. The molecule has 0 saturated carbocycles. The minimum Gasteiger partial charge on any atom is -0.298 e. The Labute approximate surface area is 85.5 Å². The van der Waals surface area contributed by atoms with Crippen molar-refractivity contribution < 1.29 is 13.6 Å². The van der Waals surface area contributed by atoms with Crippen molar-refractivity contribution >= 4 is 18.0 Å². The third-order valence-corrected chi connectivity index (χ3v) is 2.86. The van der Waals surface area contributed by atoms with Crippen LogP contribution in [0.25, 0.3) is 0 Å². The molecule has 0 N–H and O–H groups in total. The normalized spacial score (nSPS) is 11.4. The Morgan fingerprint density at radius 3 is 2.64 bits per heavy atom. The Morgan fingerprint density at radius 1 is 1.43 bits per heavy atom. The second kappa shape index (κ2) is 4.55. The molecule has 1 aromatic carbocycles. The highest BCUT2D eigenvalue weighted by Crippen LogP contribution is 2.27. The summed E-state index contributed by atoms with van der Waals surface area (Å²) in [6.45, 7) is 0.865. The van der Waals surface area contributed by atoms with Gasteiger partial charge in [-0.1, -0.05) is 18.2 Å². The first-order valence-corrected chi connectivity index (χ1v) is 5.06. The number of carbonyl (C=O) groups is 1. The summed E-state index contributed by atoms with van der Waals surface area (Å²) in [4.78, 5) is 11.2. The summed E-state index contributed by atoms with van der Waals surface area (Å²) in [6, 6.07) is 6.71. The average Bonchev–Trinajstić information content (AvgIpc) is 2.14. The third kappa shape index (κ3) is 3.46. The second-order valence-corrected chi connectivity index (χ2v) is 4.03. The van der Waals surface area contributed by atoms with Crippen LogP contribution in [0.5, 0.6) is 0 Å². The number of thioether (sulfide) groups is 1. The van der Waals surface area contributed by atoms with E-state index in [-0.39, 0.29) is 5.75 Å². The fourth-order valence-electron chi connectivity index (χ4n) is 0.914. The first-order valence-electron chi connectivity index (χ1n) is 4.08. The molecule has 4 heteroatoms. The number of hydrogen-bond donors (Lipinski definition) is 0. The maximum atomic E-state index is 12.5. The van der Waals surface area contributed by atoms with E-state index < -0.39 is 5.92 Å². The molecular formula is C10H10F2OS. The van der Waals surface area contributed by atoms with Crippen molar-refractivity contribution in [1.29, 1.82) is 0 Å². The molecule has 0 fully saturated rings. The van der Waals surface area contributed by atoms with Gasteiger partial charge in [0.15, 0.2) is 6.29 Å². The zero-order valence-corrected chi connectivity index (χ0v) is 8.48. The SMILES string of the molecule is CC(F)(F)CSc1ccccc1C=O. The summed E-state index contributed by atoms with van der Waals surface area (Å²) in [7, 11) is 0. The molecule has 0 saturated heterocycles. The molecule has 0 amide bonds. The first kappa shape index (κ1) is 11.2. The highest BCUT2D eigenvalue weighted by molar-refractivity contribution is 7.99. The van der Waals surface area contributed by atoms with Gasteiger partial charge in [-0.15, -0.1) is 11.8 Å². The predicted octanol–water partition coefficient (Wildman–Crippen LogP) is 3.25. The number of alkyl halides is 2. The zero-order valence-electron chi connectivity index (χ0n) is 7.67. The van der Waals surface area contributed by atoms with Gasteiger partial charge in [0.1, 0.15) is 0 Å². The summed E-state index contributed by atoms with van der Waals surface area (Å²) in [5.74, 6) is -3.02. The Bertz CT molecular complexity index is 320. The Hall–Kier alpha value is -0.900. The number of aldehydes is 1. The van der Waals surface area contributed by atoms with E-state index in [1.807, 2.05) is 0 Å². The van der Waals surface area contributed by atoms with Gasteiger partial charge in [-0.2, -0.15) is 0 Å². The smallest absolute Gasteiger partial charge is 0.254 e. The molecule has 14 heavy (non-hydrogen) atoms. The molecule has 0 spiro atoms. The molecule has 1 nitrogen and oxygen atoms in total. The van der Waals surface area contributed by atoms with Gasteiger partial charge in [-0.05, 0) is 6.07 Å². The second-order valence-electron chi connectivity index (χ2n) is 3.01. The van der Waals surface area contributed by atoms with Gasteiger partial charge in [-0.3, -0.25) is 4.79 Å². The van der Waals surface area contributed by atoms with Crippen LogP contribution in [0.2, 0.25) is 0 Å². The summed E-state index contributed by atoms with van der Waals surface area (Å²) < 4.78 is 25.1. The monoisotopic (exact) mass is 216 g/mol. The highest BCUT2D eigenvalue weighted by atomic mass is 32.2. The Kier molecular flexibility index (Phi) is 3.63. The van der Waals surface area contributed by atoms with E-state index >= 15 is 0 Å². The minimum absolute atomic E-state index is 0.308. The van der Waals surface area contributed by atoms with E-state index in [0.29, 0.717) is 16.7 Å². The molecule has 0 bridgehead atoms. The molecular weight excluding hydrogens is 206 g/mol. The molecule has 0 heterocycles. The van der Waals surface area contributed by atoms with Crippen LogP contribution in [0.4, 0.5) is 8.78 Å². The lowest BCUT2D eigenvalue weighted by molar-refractivity contribution is 0.0492. The molecule has 0 radical (unpaired) electrons. The maximum Gasteiger partial charge on any atom is 0.254 e. The van der Waals surface area contributed by atoms with Crippen LogP contribution >= 0.6 is 11.8 Å². The summed E-state index contributed by atoms with van der Waals surface area (Å²) in [5.41, 5.74) is 0.460. The molecule has 1 aromatic rings. The third-order valence-electron chi connectivity index (χ3n) is 1.53. The molecule has 76 valence electrons. The van der Waals surface area contributed by atoms with Crippen molar-refractivity contribution in [1.82, 2.24) is 0 Å². The number of carbonyl (C=O) groups excluding carboxylic acids is 1. The standard InChI is InChI=1S/C10H10F2OS/c1-10(11,12)7-14-9-5-3-2-4-8(9)6-13/h2-6H,7H2,1H3. The molecule has 1 rings (SSSR count). The number of hydrogen-bond acceptors (Lipinski definition) is 2. The lowest BCUT2D eigenvalue weighted by Crippen LogP contribution is -2.12. The van der Waals surface area contributed by atoms with Crippen molar-refractivity contribution in [2.75, 3.05) is 5.75 Å². The fourth-order valence-corrected chi connectivity index (χ4v) is 1.78. The van der Waals surface area contributed by atoms with Crippen LogP contribution in [-0.2, 0) is 0 Å². The molecule has 0 aliphatic carbocycles. The van der Waals surface area contributed by atoms with Gasteiger partial charge < -0.3 is 0 Å². The van der Waals surface area contributed by atoms with E-state index in [9.17, 15) is 13.6 Å². The average molecular weight is 216 g/mol. The fraction of sp³-hybridized carbons (Fsp3) is 0.300. The Morgan fingerprint density at radius 2 is 2.07 bits per heavy atom. The predicted molar refractivity (Wildman–Crippen MR) is 53.2 cm³/mol. The minimum atomic E-state index is -2.71. The van der Waals surface area contributed by atoms with E-state index in [2.05, 4.69) is 0 Å². The van der Waals surface area contributed by atoms with Crippen LogP contribution in [0.15, 0.2) is 29.2 Å². The van der Waals surface area contributed by atoms with Gasteiger partial charge in [0.05, 0.1) is 5.75 Å². The maximum absolute atomic E-state index is 12.5. The summed E-state index contributed by atoms with van der Waals surface area (Å²) >= 11 is 0.997. The zero-order chi connectivity index (χ0) is 10.6. The molecule has 0 aliphatic heterocycles. The highest BCUT2D eigenvalue weighted by Gasteiger charge is 2.21. The van der Waals surface area contributed by atoms with E-state index in [0.717, 1.165) is 18.7 Å². The largest absolute Gasteiger partial charge is 0.298 e. The summed E-state index contributed by atoms with van der Waals surface area (Å²) in [5, 5.41) is 0. The van der Waals surface area contributed by atoms with Crippen molar-refractivity contribution in [2.24, 2.45) is 0 Å². The van der Waals surface area contributed by atoms with Crippen LogP contribution in [-0.4, -0.2) is 18.0 Å². The van der Waals surface area contributed by atoms with Crippen molar-refractivity contribution in [3.63, 3.8) is 0 Å². The van der Waals surface area contributed by atoms with Crippen LogP contribution < -0.4 is 0 Å². The van der Waals surface area contributed by atoms with Crippen LogP contribution in [0, 0.1) is 0 Å². The van der Waals surface area contributed by atoms with Gasteiger partial charge >= 0.3 is 0 Å².